The van der Waals surface area contributed by atoms with Crippen LogP contribution in [0.4, 0.5) is 10.2 Å². The zero-order valence-corrected chi connectivity index (χ0v) is 15.3. The van der Waals surface area contributed by atoms with Gasteiger partial charge < -0.3 is 15.7 Å². The average molecular weight is 384 g/mol. The molecule has 9 heteroatoms. The molecule has 4 heterocycles. The van der Waals surface area contributed by atoms with E-state index >= 15 is 0 Å². The van der Waals surface area contributed by atoms with Crippen LogP contribution in [-0.2, 0) is 6.42 Å². The zero-order chi connectivity index (χ0) is 19.7. The fourth-order valence-electron chi connectivity index (χ4n) is 3.78. The van der Waals surface area contributed by atoms with Gasteiger partial charge in [0.2, 0.25) is 0 Å². The minimum atomic E-state index is -1.07. The van der Waals surface area contributed by atoms with Crippen LogP contribution in [0, 0.1) is 5.82 Å². The molecule has 3 N–H and O–H groups in total. The summed E-state index contributed by atoms with van der Waals surface area (Å²) in [6.07, 6.45) is 7.46. The first-order valence-corrected chi connectivity index (χ1v) is 9.27. The highest BCUT2D eigenvalue weighted by Gasteiger charge is 2.30. The van der Waals surface area contributed by atoms with Gasteiger partial charge in [-0.15, -0.1) is 0 Å². The smallest absolute Gasteiger partial charge is 0.341 e. The molecule has 0 saturated carbocycles. The highest BCUT2D eigenvalue weighted by Crippen LogP contribution is 2.37. The maximum Gasteiger partial charge on any atom is 0.341 e. The zero-order valence-electron chi connectivity index (χ0n) is 15.3. The molecule has 1 fully saturated rings. The van der Waals surface area contributed by atoms with E-state index < -0.39 is 5.97 Å². The Hall–Kier alpha value is -3.07. The second-order valence-corrected chi connectivity index (χ2v) is 6.85. The maximum absolute atomic E-state index is 14.0. The Labute approximate surface area is 160 Å². The van der Waals surface area contributed by atoms with Gasteiger partial charge in [-0.25, -0.2) is 18.7 Å². The lowest BCUT2D eigenvalue weighted by Crippen LogP contribution is -2.25. The largest absolute Gasteiger partial charge is 0.477 e. The molecule has 0 spiro atoms. The van der Waals surface area contributed by atoms with Crippen molar-refractivity contribution in [1.82, 2.24) is 19.6 Å². The molecule has 146 valence electrons. The van der Waals surface area contributed by atoms with Crippen molar-refractivity contribution in [3.05, 3.63) is 53.4 Å². The van der Waals surface area contributed by atoms with Crippen molar-refractivity contribution < 1.29 is 14.3 Å². The summed E-state index contributed by atoms with van der Waals surface area (Å²) in [6, 6.07) is 3.28. The molecule has 8 nitrogen and oxygen atoms in total. The molecule has 0 radical (unpaired) electrons. The number of nitrogens with two attached hydrogens (primary N) is 1. The summed E-state index contributed by atoms with van der Waals surface area (Å²) in [4.78, 5) is 22.3. The highest BCUT2D eigenvalue weighted by atomic mass is 19.1. The lowest BCUT2D eigenvalue weighted by molar-refractivity contribution is 0.0698. The molecule has 1 aliphatic rings. The Kier molecular flexibility index (Phi) is 4.91. The fourth-order valence-corrected chi connectivity index (χ4v) is 3.78. The van der Waals surface area contributed by atoms with Gasteiger partial charge in [-0.3, -0.25) is 4.98 Å². The van der Waals surface area contributed by atoms with Crippen molar-refractivity contribution in [2.24, 2.45) is 5.73 Å². The van der Waals surface area contributed by atoms with Crippen LogP contribution in [0.2, 0.25) is 0 Å². The molecule has 4 rings (SSSR count). The van der Waals surface area contributed by atoms with Crippen molar-refractivity contribution in [2.45, 2.75) is 31.7 Å². The van der Waals surface area contributed by atoms with Crippen molar-refractivity contribution in [3.63, 3.8) is 0 Å². The summed E-state index contributed by atoms with van der Waals surface area (Å²) < 4.78 is 15.4. The van der Waals surface area contributed by atoms with Gasteiger partial charge in [0, 0.05) is 18.4 Å². The molecular weight excluding hydrogens is 363 g/mol. The first-order valence-electron chi connectivity index (χ1n) is 9.27. The van der Waals surface area contributed by atoms with Crippen molar-refractivity contribution in [2.75, 3.05) is 18.0 Å². The normalized spacial score (nSPS) is 16.8. The summed E-state index contributed by atoms with van der Waals surface area (Å²) in [5.74, 6) is -0.797. The highest BCUT2D eigenvalue weighted by molar-refractivity contribution is 5.94. The number of anilines is 1. The molecular formula is C19H21FN6O2. The lowest BCUT2D eigenvalue weighted by Gasteiger charge is -2.27. The predicted molar refractivity (Wildman–Crippen MR) is 101 cm³/mol. The molecule has 1 unspecified atom stereocenters. The van der Waals surface area contributed by atoms with Crippen molar-refractivity contribution in [1.29, 1.82) is 0 Å². The number of rotatable bonds is 6. The Morgan fingerprint density at radius 3 is 3.04 bits per heavy atom. The van der Waals surface area contributed by atoms with E-state index in [0.29, 0.717) is 18.8 Å². The Bertz CT molecular complexity index is 1020. The van der Waals surface area contributed by atoms with E-state index in [1.165, 1.54) is 16.9 Å². The van der Waals surface area contributed by atoms with Gasteiger partial charge in [-0.1, -0.05) is 0 Å². The number of carbonyl (C=O) groups is 1. The number of carboxylic acid groups (broad SMARTS) is 1. The molecule has 0 aromatic carbocycles. The van der Waals surface area contributed by atoms with Crippen molar-refractivity contribution >= 4 is 17.4 Å². The van der Waals surface area contributed by atoms with E-state index in [1.807, 2.05) is 0 Å². The number of aryl methyl sites for hydroxylation is 1. The number of halogens is 1. The molecule has 3 aromatic rings. The van der Waals surface area contributed by atoms with E-state index in [1.54, 1.807) is 18.3 Å². The minimum absolute atomic E-state index is 0.0497. The number of hydrogen-bond donors (Lipinski definition) is 2. The summed E-state index contributed by atoms with van der Waals surface area (Å²) in [5.41, 5.74) is 7.66. The van der Waals surface area contributed by atoms with Crippen LogP contribution >= 0.6 is 0 Å². The topological polar surface area (TPSA) is 110 Å². The van der Waals surface area contributed by atoms with E-state index in [-0.39, 0.29) is 23.1 Å². The number of aromatic nitrogens is 4. The van der Waals surface area contributed by atoms with Gasteiger partial charge in [-0.2, -0.15) is 5.10 Å². The number of nitrogens with zero attached hydrogens (tertiary/aromatic N) is 5. The molecule has 0 amide bonds. The van der Waals surface area contributed by atoms with Crippen LogP contribution < -0.4 is 10.6 Å². The third-order valence-electron chi connectivity index (χ3n) is 5.08. The molecule has 3 aromatic heterocycles. The van der Waals surface area contributed by atoms with Gasteiger partial charge >= 0.3 is 5.97 Å². The SMILES string of the molecule is NCCCc1ncc(F)cc1C1CCCN1c1ccn2ncc(C(=O)O)c2n1. The van der Waals surface area contributed by atoms with Gasteiger partial charge in [0.05, 0.1) is 18.4 Å². The number of fused-ring (bicyclic) bond motifs is 1. The fraction of sp³-hybridized carbons (Fsp3) is 0.368. The number of hydrogen-bond acceptors (Lipinski definition) is 6. The minimum Gasteiger partial charge on any atom is -0.477 e. The van der Waals surface area contributed by atoms with Gasteiger partial charge in [0.15, 0.2) is 5.65 Å². The first kappa shape index (κ1) is 18.3. The molecule has 1 saturated heterocycles. The predicted octanol–water partition coefficient (Wildman–Crippen LogP) is 2.19. The van der Waals surface area contributed by atoms with Crippen molar-refractivity contribution in [3.8, 4) is 0 Å². The molecule has 28 heavy (non-hydrogen) atoms. The second kappa shape index (κ2) is 7.51. The van der Waals surface area contributed by atoms with Gasteiger partial charge in [0.25, 0.3) is 0 Å². The Balaban J connectivity index is 1.73. The van der Waals surface area contributed by atoms with Crippen LogP contribution in [0.3, 0.4) is 0 Å². The van der Waals surface area contributed by atoms with Crippen LogP contribution in [0.15, 0.2) is 30.7 Å². The van der Waals surface area contributed by atoms with Crippen LogP contribution in [0.1, 0.15) is 46.9 Å². The van der Waals surface area contributed by atoms with E-state index in [0.717, 1.165) is 37.1 Å². The number of carboxylic acids is 1. The van der Waals surface area contributed by atoms with Gasteiger partial charge in [0.1, 0.15) is 17.2 Å². The molecule has 0 bridgehead atoms. The first-order chi connectivity index (χ1) is 13.6. The van der Waals surface area contributed by atoms with E-state index in [2.05, 4.69) is 20.0 Å². The van der Waals surface area contributed by atoms with Crippen LogP contribution in [0.25, 0.3) is 5.65 Å². The van der Waals surface area contributed by atoms with E-state index in [9.17, 15) is 14.3 Å². The standard InChI is InChI=1S/C19H21FN6O2/c20-12-9-13(15(22-10-12)3-1-6-21)16-4-2-7-25(16)17-5-8-26-18(24-17)14(11-23-26)19(27)28/h5,8-11,16H,1-4,6-7,21H2,(H,27,28). The number of pyridine rings is 1. The molecule has 0 aliphatic carbocycles. The Morgan fingerprint density at radius 2 is 2.25 bits per heavy atom. The average Bonchev–Trinajstić information content (AvgIpc) is 3.33. The monoisotopic (exact) mass is 384 g/mol. The summed E-state index contributed by atoms with van der Waals surface area (Å²) in [6.45, 7) is 1.29. The maximum atomic E-state index is 14.0. The van der Waals surface area contributed by atoms with E-state index in [4.69, 9.17) is 5.73 Å². The third kappa shape index (κ3) is 3.29. The number of aromatic carboxylic acids is 1. The lowest BCUT2D eigenvalue weighted by atomic mass is 10.00. The molecule has 1 aliphatic heterocycles. The second-order valence-electron chi connectivity index (χ2n) is 6.85. The van der Waals surface area contributed by atoms with Crippen LogP contribution in [-0.4, -0.2) is 43.7 Å². The summed E-state index contributed by atoms with van der Waals surface area (Å²) in [7, 11) is 0. The molecule has 1 atom stereocenters. The Morgan fingerprint density at radius 1 is 1.39 bits per heavy atom. The summed E-state index contributed by atoms with van der Waals surface area (Å²) >= 11 is 0. The third-order valence-corrected chi connectivity index (χ3v) is 5.08. The summed E-state index contributed by atoms with van der Waals surface area (Å²) in [5, 5.41) is 13.4. The van der Waals surface area contributed by atoms with Gasteiger partial charge in [-0.05, 0) is 49.9 Å². The quantitative estimate of drug-likeness (QED) is 0.670. The van der Waals surface area contributed by atoms with Crippen LogP contribution in [0.5, 0.6) is 0 Å².